The van der Waals surface area contributed by atoms with Crippen molar-refractivity contribution in [1.29, 1.82) is 0 Å². The summed E-state index contributed by atoms with van der Waals surface area (Å²) in [4.78, 5) is 12.4. The van der Waals surface area contributed by atoms with Gasteiger partial charge in [-0.1, -0.05) is 6.58 Å². The fraction of sp³-hybridized carbons (Fsp3) is 0.500. The van der Waals surface area contributed by atoms with Crippen LogP contribution in [0.2, 0.25) is 0 Å². The van der Waals surface area contributed by atoms with Gasteiger partial charge in [0.2, 0.25) is 6.29 Å². The molecule has 0 radical (unpaired) electrons. The molecule has 3 rings (SSSR count). The van der Waals surface area contributed by atoms with E-state index >= 15 is 0 Å². The number of aliphatic hydroxyl groups excluding tert-OH is 4. The summed E-state index contributed by atoms with van der Waals surface area (Å²) < 4.78 is 16.0. The van der Waals surface area contributed by atoms with Crippen LogP contribution in [-0.2, 0) is 15.9 Å². The molecule has 142 valence electrons. The molecular formula is C18H22O8. The Hall–Kier alpha value is -1.97. The number of carbonyl (C=O) groups is 1. The first-order valence-electron chi connectivity index (χ1n) is 8.28. The van der Waals surface area contributed by atoms with Crippen LogP contribution in [0.3, 0.4) is 0 Å². The molecular weight excluding hydrogens is 344 g/mol. The maximum absolute atomic E-state index is 12.4. The van der Waals surface area contributed by atoms with Crippen molar-refractivity contribution >= 4 is 5.97 Å². The third kappa shape index (κ3) is 3.46. The largest absolute Gasteiger partial charge is 0.485 e. The zero-order valence-electron chi connectivity index (χ0n) is 14.2. The molecule has 26 heavy (non-hydrogen) atoms. The van der Waals surface area contributed by atoms with Gasteiger partial charge in [-0.05, 0) is 36.3 Å². The highest BCUT2D eigenvalue weighted by Crippen LogP contribution is 2.32. The van der Waals surface area contributed by atoms with Crippen molar-refractivity contribution in [1.82, 2.24) is 0 Å². The maximum atomic E-state index is 12.4. The molecule has 1 saturated heterocycles. The first kappa shape index (κ1) is 18.8. The summed E-state index contributed by atoms with van der Waals surface area (Å²) in [5.74, 6) is -0.0988. The standard InChI is InChI=1S/C18H22O8/c1-8(2)12-6-10-5-9(3-4-11(10)24-12)17(23)26-18-16(22)15(21)14(20)13(7-19)25-18/h3-5,12-16,18-22H,1,6-7H2,2H3/t12?,13-,14-,15+,16-,18+/m1/s1. The average Bonchev–Trinajstić information content (AvgIpc) is 3.05. The highest BCUT2D eigenvalue weighted by Gasteiger charge is 2.45. The average molecular weight is 366 g/mol. The van der Waals surface area contributed by atoms with E-state index in [0.29, 0.717) is 12.2 Å². The molecule has 4 N–H and O–H groups in total. The van der Waals surface area contributed by atoms with Gasteiger partial charge < -0.3 is 34.6 Å². The second-order valence-corrected chi connectivity index (χ2v) is 6.58. The molecule has 0 bridgehead atoms. The third-order valence-electron chi connectivity index (χ3n) is 4.59. The number of hydrogen-bond donors (Lipinski definition) is 4. The molecule has 0 amide bonds. The minimum Gasteiger partial charge on any atom is -0.485 e. The van der Waals surface area contributed by atoms with Crippen LogP contribution >= 0.6 is 0 Å². The number of aliphatic hydroxyl groups is 4. The van der Waals surface area contributed by atoms with Gasteiger partial charge in [0.25, 0.3) is 0 Å². The van der Waals surface area contributed by atoms with E-state index < -0.39 is 43.3 Å². The lowest BCUT2D eigenvalue weighted by Crippen LogP contribution is -2.59. The summed E-state index contributed by atoms with van der Waals surface area (Å²) in [6.45, 7) is 5.13. The molecule has 2 aliphatic rings. The van der Waals surface area contributed by atoms with E-state index in [1.165, 1.54) is 6.07 Å². The van der Waals surface area contributed by atoms with Gasteiger partial charge >= 0.3 is 5.97 Å². The summed E-state index contributed by atoms with van der Waals surface area (Å²) in [6.07, 6.45) is -6.96. The van der Waals surface area contributed by atoms with E-state index in [0.717, 1.165) is 11.1 Å². The van der Waals surface area contributed by atoms with E-state index in [1.807, 2.05) is 6.92 Å². The lowest BCUT2D eigenvalue weighted by atomic mass is 9.99. The summed E-state index contributed by atoms with van der Waals surface area (Å²) in [5, 5.41) is 38.6. The summed E-state index contributed by atoms with van der Waals surface area (Å²) in [5.41, 5.74) is 1.94. The molecule has 0 saturated carbocycles. The number of benzene rings is 1. The minimum absolute atomic E-state index is 0.137. The Morgan fingerprint density at radius 2 is 2.00 bits per heavy atom. The highest BCUT2D eigenvalue weighted by molar-refractivity contribution is 5.90. The molecule has 1 fully saturated rings. The van der Waals surface area contributed by atoms with Gasteiger partial charge in [0, 0.05) is 6.42 Å². The first-order valence-corrected chi connectivity index (χ1v) is 8.28. The van der Waals surface area contributed by atoms with Crippen molar-refractivity contribution in [2.75, 3.05) is 6.61 Å². The third-order valence-corrected chi connectivity index (χ3v) is 4.59. The van der Waals surface area contributed by atoms with Gasteiger partial charge in [-0.25, -0.2) is 4.79 Å². The molecule has 8 nitrogen and oxygen atoms in total. The predicted octanol–water partition coefficient (Wildman–Crippen LogP) is -0.477. The van der Waals surface area contributed by atoms with E-state index in [1.54, 1.807) is 12.1 Å². The van der Waals surface area contributed by atoms with Crippen LogP contribution < -0.4 is 4.74 Å². The van der Waals surface area contributed by atoms with E-state index in [2.05, 4.69) is 6.58 Å². The van der Waals surface area contributed by atoms with Crippen LogP contribution in [0, 0.1) is 0 Å². The SMILES string of the molecule is C=C(C)C1Cc2cc(C(=O)O[C@@H]3O[C@H](CO)[C@@H](O)[C@H](O)[C@H]3O)ccc2O1. The van der Waals surface area contributed by atoms with Crippen LogP contribution in [0.1, 0.15) is 22.8 Å². The molecule has 8 heteroatoms. The Balaban J connectivity index is 1.71. The zero-order chi connectivity index (χ0) is 19.0. The second kappa shape index (κ2) is 7.34. The van der Waals surface area contributed by atoms with Crippen molar-refractivity contribution in [2.24, 2.45) is 0 Å². The Labute approximate surface area is 150 Å². The Morgan fingerprint density at radius 1 is 1.27 bits per heavy atom. The van der Waals surface area contributed by atoms with Crippen molar-refractivity contribution in [3.8, 4) is 5.75 Å². The number of carbonyl (C=O) groups excluding carboxylic acids is 1. The Kier molecular flexibility index (Phi) is 5.31. The number of rotatable bonds is 4. The van der Waals surface area contributed by atoms with Gasteiger partial charge in [0.1, 0.15) is 36.3 Å². The van der Waals surface area contributed by atoms with Crippen molar-refractivity contribution in [3.63, 3.8) is 0 Å². The number of esters is 1. The van der Waals surface area contributed by atoms with Crippen LogP contribution in [0.15, 0.2) is 30.4 Å². The first-order chi connectivity index (χ1) is 12.3. The number of fused-ring (bicyclic) bond motifs is 1. The van der Waals surface area contributed by atoms with E-state index in [-0.39, 0.29) is 11.7 Å². The highest BCUT2D eigenvalue weighted by atomic mass is 16.7. The van der Waals surface area contributed by atoms with Crippen molar-refractivity contribution in [2.45, 2.75) is 50.2 Å². The molecule has 0 spiro atoms. The maximum Gasteiger partial charge on any atom is 0.340 e. The quantitative estimate of drug-likeness (QED) is 0.416. The second-order valence-electron chi connectivity index (χ2n) is 6.58. The predicted molar refractivity (Wildman–Crippen MR) is 88.6 cm³/mol. The fourth-order valence-corrected chi connectivity index (χ4v) is 2.99. The fourth-order valence-electron chi connectivity index (χ4n) is 2.99. The van der Waals surface area contributed by atoms with Gasteiger partial charge in [0.15, 0.2) is 0 Å². The normalized spacial score (nSPS) is 33.3. The summed E-state index contributed by atoms with van der Waals surface area (Å²) >= 11 is 0. The Bertz CT molecular complexity index is 700. The van der Waals surface area contributed by atoms with Crippen LogP contribution in [0.4, 0.5) is 0 Å². The molecule has 0 aromatic heterocycles. The lowest BCUT2D eigenvalue weighted by Gasteiger charge is -2.39. The number of ether oxygens (including phenoxy) is 3. The van der Waals surface area contributed by atoms with Crippen LogP contribution in [0.5, 0.6) is 5.75 Å². The van der Waals surface area contributed by atoms with Gasteiger partial charge in [0.05, 0.1) is 12.2 Å². The topological polar surface area (TPSA) is 126 Å². The van der Waals surface area contributed by atoms with Gasteiger partial charge in [-0.15, -0.1) is 0 Å². The van der Waals surface area contributed by atoms with E-state index in [9.17, 15) is 25.2 Å². The van der Waals surface area contributed by atoms with Crippen molar-refractivity contribution < 1.29 is 39.4 Å². The molecule has 6 atom stereocenters. The van der Waals surface area contributed by atoms with E-state index in [4.69, 9.17) is 14.2 Å². The summed E-state index contributed by atoms with van der Waals surface area (Å²) in [6, 6.07) is 4.80. The monoisotopic (exact) mass is 366 g/mol. The molecule has 2 aliphatic heterocycles. The Morgan fingerprint density at radius 3 is 2.65 bits per heavy atom. The van der Waals surface area contributed by atoms with Gasteiger partial charge in [-0.3, -0.25) is 0 Å². The van der Waals surface area contributed by atoms with Gasteiger partial charge in [-0.2, -0.15) is 0 Å². The molecule has 1 unspecified atom stereocenters. The zero-order valence-corrected chi connectivity index (χ0v) is 14.2. The van der Waals surface area contributed by atoms with Crippen molar-refractivity contribution in [3.05, 3.63) is 41.5 Å². The molecule has 1 aromatic carbocycles. The summed E-state index contributed by atoms with van der Waals surface area (Å²) in [7, 11) is 0. The lowest BCUT2D eigenvalue weighted by molar-refractivity contribution is -0.285. The smallest absolute Gasteiger partial charge is 0.340 e. The van der Waals surface area contributed by atoms with Crippen LogP contribution in [-0.4, -0.2) is 69.8 Å². The molecule has 2 heterocycles. The van der Waals surface area contributed by atoms with Crippen LogP contribution in [0.25, 0.3) is 0 Å². The number of hydrogen-bond acceptors (Lipinski definition) is 8. The molecule has 0 aliphatic carbocycles. The minimum atomic E-state index is -1.64. The molecule has 1 aromatic rings.